The average Bonchev–Trinajstić information content (AvgIpc) is 2.96. The Morgan fingerprint density at radius 2 is 1.96 bits per heavy atom. The molecule has 1 amide bonds. The fraction of sp³-hybridized carbons (Fsp3) is 0.300. The van der Waals surface area contributed by atoms with Crippen molar-refractivity contribution in [3.63, 3.8) is 0 Å². The normalized spacial score (nSPS) is 11.0. The molecule has 1 N–H and O–H groups in total. The lowest BCUT2D eigenvalue weighted by atomic mass is 10.2. The Morgan fingerprint density at radius 3 is 2.64 bits per heavy atom. The fourth-order valence-electron chi connectivity index (χ4n) is 2.79. The summed E-state index contributed by atoms with van der Waals surface area (Å²) in [5.41, 5.74) is 1.79. The Balaban J connectivity index is 1.89. The van der Waals surface area contributed by atoms with Crippen LogP contribution in [0.25, 0.3) is 10.2 Å². The van der Waals surface area contributed by atoms with E-state index in [-0.39, 0.29) is 24.1 Å². The zero-order valence-corrected chi connectivity index (χ0v) is 16.9. The van der Waals surface area contributed by atoms with Crippen molar-refractivity contribution in [2.24, 2.45) is 0 Å². The van der Waals surface area contributed by atoms with Gasteiger partial charge in [-0.2, -0.15) is 0 Å². The van der Waals surface area contributed by atoms with Crippen LogP contribution in [0.3, 0.4) is 0 Å². The minimum Gasteiger partial charge on any atom is -0.459 e. The van der Waals surface area contributed by atoms with Gasteiger partial charge in [0.15, 0.2) is 0 Å². The summed E-state index contributed by atoms with van der Waals surface area (Å²) in [4.78, 5) is 42.5. The van der Waals surface area contributed by atoms with Gasteiger partial charge in [0, 0.05) is 5.69 Å². The molecule has 0 saturated carbocycles. The van der Waals surface area contributed by atoms with Crippen molar-refractivity contribution in [3.05, 3.63) is 57.0 Å². The average molecular weight is 399 g/mol. The second-order valence-corrected chi connectivity index (χ2v) is 7.73. The molecule has 28 heavy (non-hydrogen) atoms. The maximum Gasteiger partial charge on any atom is 0.348 e. The summed E-state index contributed by atoms with van der Waals surface area (Å²) in [6, 6.07) is 7.40. The predicted molar refractivity (Wildman–Crippen MR) is 109 cm³/mol. The van der Waals surface area contributed by atoms with Crippen LogP contribution in [0.2, 0.25) is 0 Å². The van der Waals surface area contributed by atoms with Gasteiger partial charge in [-0.05, 0) is 44.9 Å². The van der Waals surface area contributed by atoms with Crippen LogP contribution in [0, 0.1) is 13.8 Å². The highest BCUT2D eigenvalue weighted by atomic mass is 32.1. The molecule has 3 aromatic rings. The molecule has 7 nitrogen and oxygen atoms in total. The summed E-state index contributed by atoms with van der Waals surface area (Å²) in [7, 11) is 0. The van der Waals surface area contributed by atoms with Gasteiger partial charge in [-0.1, -0.05) is 18.2 Å². The standard InChI is InChI=1S/C20H21N3O4S/c1-11(2)27-20(26)17-13(4)16-18(28-17)21-10-23(19(16)25)9-15(24)22-14-8-6-5-7-12(14)3/h5-8,10-11H,9H2,1-4H3,(H,22,24). The van der Waals surface area contributed by atoms with Crippen molar-refractivity contribution in [2.75, 3.05) is 5.32 Å². The van der Waals surface area contributed by atoms with Crippen LogP contribution in [-0.2, 0) is 16.1 Å². The number of carbonyl (C=O) groups is 2. The first-order valence-corrected chi connectivity index (χ1v) is 9.64. The van der Waals surface area contributed by atoms with E-state index in [4.69, 9.17) is 4.74 Å². The van der Waals surface area contributed by atoms with E-state index in [0.29, 0.717) is 26.3 Å². The number of fused-ring (bicyclic) bond motifs is 1. The smallest absolute Gasteiger partial charge is 0.348 e. The van der Waals surface area contributed by atoms with Crippen LogP contribution in [0.4, 0.5) is 5.69 Å². The number of anilines is 1. The van der Waals surface area contributed by atoms with Crippen LogP contribution in [-0.4, -0.2) is 27.5 Å². The van der Waals surface area contributed by atoms with Gasteiger partial charge in [-0.25, -0.2) is 9.78 Å². The molecule has 0 aliphatic heterocycles. The lowest BCUT2D eigenvalue weighted by Gasteiger charge is -2.09. The summed E-state index contributed by atoms with van der Waals surface area (Å²) in [5, 5.41) is 3.14. The number of rotatable bonds is 5. The van der Waals surface area contributed by atoms with Gasteiger partial charge in [0.1, 0.15) is 16.3 Å². The number of para-hydroxylation sites is 1. The number of esters is 1. The summed E-state index contributed by atoms with van der Waals surface area (Å²) in [5.74, 6) is -0.802. The number of thiophene rings is 1. The minimum absolute atomic E-state index is 0.169. The van der Waals surface area contributed by atoms with Crippen molar-refractivity contribution in [1.82, 2.24) is 9.55 Å². The van der Waals surface area contributed by atoms with Crippen LogP contribution in [0.15, 0.2) is 35.4 Å². The number of aromatic nitrogens is 2. The third-order valence-electron chi connectivity index (χ3n) is 4.18. The molecule has 2 heterocycles. The summed E-state index contributed by atoms with van der Waals surface area (Å²) in [6.07, 6.45) is 1.07. The molecule has 0 radical (unpaired) electrons. The van der Waals surface area contributed by atoms with Crippen LogP contribution in [0.5, 0.6) is 0 Å². The molecule has 0 unspecified atom stereocenters. The van der Waals surface area contributed by atoms with Gasteiger partial charge in [-0.15, -0.1) is 11.3 Å². The SMILES string of the molecule is Cc1ccccc1NC(=O)Cn1cnc2sc(C(=O)OC(C)C)c(C)c2c1=O. The Kier molecular flexibility index (Phi) is 5.60. The van der Waals surface area contributed by atoms with E-state index < -0.39 is 5.97 Å². The number of amides is 1. The Labute approximate surface area is 166 Å². The van der Waals surface area contributed by atoms with Gasteiger partial charge in [-0.3, -0.25) is 14.2 Å². The fourth-order valence-corrected chi connectivity index (χ4v) is 3.81. The van der Waals surface area contributed by atoms with Crippen molar-refractivity contribution in [3.8, 4) is 0 Å². The minimum atomic E-state index is -0.473. The number of nitrogens with zero attached hydrogens (tertiary/aromatic N) is 2. The second-order valence-electron chi connectivity index (χ2n) is 6.73. The number of hydrogen-bond acceptors (Lipinski definition) is 6. The van der Waals surface area contributed by atoms with Gasteiger partial charge in [0.2, 0.25) is 5.91 Å². The van der Waals surface area contributed by atoms with Crippen molar-refractivity contribution < 1.29 is 14.3 Å². The van der Waals surface area contributed by atoms with Crippen LogP contribution in [0.1, 0.15) is 34.6 Å². The lowest BCUT2D eigenvalue weighted by molar-refractivity contribution is -0.116. The van der Waals surface area contributed by atoms with E-state index >= 15 is 0 Å². The molecule has 0 fully saturated rings. The molecule has 0 spiro atoms. The van der Waals surface area contributed by atoms with Crippen molar-refractivity contribution in [2.45, 2.75) is 40.3 Å². The number of benzene rings is 1. The molecule has 0 saturated heterocycles. The molecular formula is C20H21N3O4S. The van der Waals surface area contributed by atoms with E-state index in [0.717, 1.165) is 16.9 Å². The van der Waals surface area contributed by atoms with Crippen molar-refractivity contribution in [1.29, 1.82) is 0 Å². The lowest BCUT2D eigenvalue weighted by Crippen LogP contribution is -2.28. The molecule has 0 aliphatic carbocycles. The highest BCUT2D eigenvalue weighted by Crippen LogP contribution is 2.27. The predicted octanol–water partition coefficient (Wildman–Crippen LogP) is 3.28. The van der Waals surface area contributed by atoms with Gasteiger partial charge in [0.05, 0.1) is 17.8 Å². The van der Waals surface area contributed by atoms with E-state index in [1.165, 1.54) is 10.9 Å². The highest BCUT2D eigenvalue weighted by molar-refractivity contribution is 7.20. The van der Waals surface area contributed by atoms with E-state index in [1.54, 1.807) is 26.8 Å². The Hall–Kier alpha value is -3.00. The van der Waals surface area contributed by atoms with E-state index in [1.807, 2.05) is 25.1 Å². The van der Waals surface area contributed by atoms with Gasteiger partial charge < -0.3 is 10.1 Å². The molecule has 146 valence electrons. The monoisotopic (exact) mass is 399 g/mol. The first kappa shape index (κ1) is 19.8. The quantitative estimate of drug-likeness (QED) is 0.665. The third kappa shape index (κ3) is 3.96. The summed E-state index contributed by atoms with van der Waals surface area (Å²) < 4.78 is 6.47. The van der Waals surface area contributed by atoms with Gasteiger partial charge >= 0.3 is 5.97 Å². The topological polar surface area (TPSA) is 90.3 Å². The largest absolute Gasteiger partial charge is 0.459 e. The Morgan fingerprint density at radius 1 is 1.25 bits per heavy atom. The number of hydrogen-bond donors (Lipinski definition) is 1. The third-order valence-corrected chi connectivity index (χ3v) is 5.36. The molecule has 0 atom stereocenters. The highest BCUT2D eigenvalue weighted by Gasteiger charge is 2.21. The first-order valence-electron chi connectivity index (χ1n) is 8.83. The van der Waals surface area contributed by atoms with E-state index in [9.17, 15) is 14.4 Å². The van der Waals surface area contributed by atoms with E-state index in [2.05, 4.69) is 10.3 Å². The number of nitrogens with one attached hydrogen (secondary N) is 1. The molecule has 2 aromatic heterocycles. The molecule has 0 bridgehead atoms. The first-order chi connectivity index (χ1) is 13.3. The van der Waals surface area contributed by atoms with Crippen LogP contribution >= 0.6 is 11.3 Å². The molecule has 0 aliphatic rings. The zero-order valence-electron chi connectivity index (χ0n) is 16.1. The summed E-state index contributed by atoms with van der Waals surface area (Å²) >= 11 is 1.12. The molecule has 8 heteroatoms. The maximum atomic E-state index is 12.9. The Bertz CT molecular complexity index is 1110. The number of carbonyl (C=O) groups excluding carboxylic acids is 2. The number of ether oxygens (including phenoxy) is 1. The van der Waals surface area contributed by atoms with Crippen LogP contribution < -0.4 is 10.9 Å². The maximum absolute atomic E-state index is 12.9. The molecular weight excluding hydrogens is 378 g/mol. The van der Waals surface area contributed by atoms with Crippen molar-refractivity contribution >= 4 is 39.1 Å². The number of aryl methyl sites for hydroxylation is 2. The second kappa shape index (κ2) is 7.93. The van der Waals surface area contributed by atoms with Gasteiger partial charge in [0.25, 0.3) is 5.56 Å². The summed E-state index contributed by atoms with van der Waals surface area (Å²) in [6.45, 7) is 6.94. The molecule has 3 rings (SSSR count). The molecule has 1 aromatic carbocycles. The zero-order chi connectivity index (χ0) is 20.4.